The Labute approximate surface area is 167 Å². The van der Waals surface area contributed by atoms with Gasteiger partial charge in [-0.05, 0) is 46.7 Å². The lowest BCUT2D eigenvalue weighted by Gasteiger charge is -2.18. The van der Waals surface area contributed by atoms with E-state index in [0.29, 0.717) is 0 Å². The van der Waals surface area contributed by atoms with Crippen molar-refractivity contribution in [2.45, 2.75) is 18.8 Å². The number of allylic oxidation sites excluding steroid dienone is 5. The fraction of sp³-hybridized carbons (Fsp3) is 0.111. The molecule has 0 spiro atoms. The number of hydrogen-bond acceptors (Lipinski definition) is 1. The molecule has 0 aliphatic heterocycles. The van der Waals surface area contributed by atoms with E-state index < -0.39 is 0 Å². The molecule has 0 radical (unpaired) electrons. The zero-order chi connectivity index (χ0) is 19.2. The Morgan fingerprint density at radius 1 is 0.821 bits per heavy atom. The Hall–Kier alpha value is -3.32. The fourth-order valence-electron chi connectivity index (χ4n) is 3.73. The van der Waals surface area contributed by atoms with Gasteiger partial charge in [0.05, 0.1) is 0 Å². The topological polar surface area (TPSA) is 26.0 Å². The van der Waals surface area contributed by atoms with Gasteiger partial charge in [-0.1, -0.05) is 103 Å². The Bertz CT molecular complexity index is 1010. The maximum absolute atomic E-state index is 6.49. The first-order valence-electron chi connectivity index (χ1n) is 9.85. The number of benzene rings is 3. The van der Waals surface area contributed by atoms with Crippen molar-refractivity contribution >= 4 is 11.3 Å². The van der Waals surface area contributed by atoms with Crippen LogP contribution in [-0.2, 0) is 0 Å². The Morgan fingerprint density at radius 3 is 2.25 bits per heavy atom. The van der Waals surface area contributed by atoms with Gasteiger partial charge >= 0.3 is 0 Å². The number of nitrogens with two attached hydrogens (primary N) is 1. The lowest BCUT2D eigenvalue weighted by molar-refractivity contribution is 1.02. The van der Waals surface area contributed by atoms with Gasteiger partial charge in [0.1, 0.15) is 0 Å². The molecular formula is C27H25N. The van der Waals surface area contributed by atoms with Gasteiger partial charge in [0.2, 0.25) is 0 Å². The molecule has 2 N–H and O–H groups in total. The smallest absolute Gasteiger partial charge is 0.0356 e. The van der Waals surface area contributed by atoms with Crippen LogP contribution in [0.3, 0.4) is 0 Å². The molecule has 3 aromatic carbocycles. The van der Waals surface area contributed by atoms with Gasteiger partial charge in [-0.15, -0.1) is 0 Å². The van der Waals surface area contributed by atoms with Crippen LogP contribution in [0.15, 0.2) is 109 Å². The second-order valence-electron chi connectivity index (χ2n) is 7.16. The second-order valence-corrected chi connectivity index (χ2v) is 7.16. The van der Waals surface area contributed by atoms with Gasteiger partial charge in [-0.3, -0.25) is 0 Å². The molecule has 0 amide bonds. The summed E-state index contributed by atoms with van der Waals surface area (Å²) >= 11 is 0. The summed E-state index contributed by atoms with van der Waals surface area (Å²) in [5, 5.41) is 0. The van der Waals surface area contributed by atoms with Crippen molar-refractivity contribution in [3.8, 4) is 0 Å². The number of hydrogen-bond donors (Lipinski definition) is 1. The lowest BCUT2D eigenvalue weighted by Crippen LogP contribution is -2.04. The van der Waals surface area contributed by atoms with Crippen molar-refractivity contribution < 1.29 is 0 Å². The van der Waals surface area contributed by atoms with Gasteiger partial charge in [0.25, 0.3) is 0 Å². The SMILES string of the molecule is N/C(=C\C(c1ccccc1)c1cccc(C2=CC=CCC2)c1)c1ccccc1. The van der Waals surface area contributed by atoms with Crippen LogP contribution in [0.1, 0.15) is 41.0 Å². The van der Waals surface area contributed by atoms with Crippen molar-refractivity contribution in [1.29, 1.82) is 0 Å². The molecule has 1 heteroatoms. The highest BCUT2D eigenvalue weighted by molar-refractivity contribution is 5.70. The third-order valence-electron chi connectivity index (χ3n) is 5.24. The molecule has 1 aliphatic rings. The fourth-order valence-corrected chi connectivity index (χ4v) is 3.73. The zero-order valence-corrected chi connectivity index (χ0v) is 16.0. The van der Waals surface area contributed by atoms with Crippen LogP contribution in [0, 0.1) is 0 Å². The standard InChI is InChI=1S/C27H25N/c28-27(23-15-8-3-9-16-23)20-26(22-13-6-2-7-14-22)25-18-10-17-24(19-25)21-11-4-1-5-12-21/h1-4,6-11,13-20,26H,5,12,28H2/b27-20-. The van der Waals surface area contributed by atoms with E-state index in [1.54, 1.807) is 0 Å². The molecule has 1 atom stereocenters. The van der Waals surface area contributed by atoms with Crippen LogP contribution < -0.4 is 5.73 Å². The van der Waals surface area contributed by atoms with E-state index in [4.69, 9.17) is 5.73 Å². The van der Waals surface area contributed by atoms with E-state index in [2.05, 4.69) is 91.0 Å². The third-order valence-corrected chi connectivity index (χ3v) is 5.24. The van der Waals surface area contributed by atoms with Gasteiger partial charge in [-0.2, -0.15) is 0 Å². The van der Waals surface area contributed by atoms with E-state index in [1.165, 1.54) is 22.3 Å². The Morgan fingerprint density at radius 2 is 1.54 bits per heavy atom. The molecular weight excluding hydrogens is 338 g/mol. The quantitative estimate of drug-likeness (QED) is 0.546. The third kappa shape index (κ3) is 4.15. The van der Waals surface area contributed by atoms with Crippen LogP contribution >= 0.6 is 0 Å². The van der Waals surface area contributed by atoms with Crippen molar-refractivity contribution in [2.24, 2.45) is 5.73 Å². The minimum atomic E-state index is 0.112. The molecule has 0 heterocycles. The Kier molecular flexibility index (Phi) is 5.53. The predicted octanol–water partition coefficient (Wildman–Crippen LogP) is 6.55. The molecule has 1 nitrogen and oxygen atoms in total. The summed E-state index contributed by atoms with van der Waals surface area (Å²) in [5.41, 5.74) is 13.6. The number of rotatable bonds is 5. The average molecular weight is 364 g/mol. The lowest BCUT2D eigenvalue weighted by atomic mass is 9.87. The first-order valence-corrected chi connectivity index (χ1v) is 9.85. The average Bonchev–Trinajstić information content (AvgIpc) is 2.79. The van der Waals surface area contributed by atoms with E-state index >= 15 is 0 Å². The molecule has 28 heavy (non-hydrogen) atoms. The van der Waals surface area contributed by atoms with Crippen LogP contribution in [0.25, 0.3) is 11.3 Å². The van der Waals surface area contributed by atoms with E-state index in [0.717, 1.165) is 24.1 Å². The summed E-state index contributed by atoms with van der Waals surface area (Å²) < 4.78 is 0. The Balaban J connectivity index is 1.76. The van der Waals surface area contributed by atoms with Crippen molar-refractivity contribution in [3.05, 3.63) is 131 Å². The first kappa shape index (κ1) is 18.1. The summed E-state index contributed by atoms with van der Waals surface area (Å²) in [6, 6.07) is 29.7. The maximum Gasteiger partial charge on any atom is 0.0356 e. The van der Waals surface area contributed by atoms with Crippen LogP contribution in [0.2, 0.25) is 0 Å². The minimum Gasteiger partial charge on any atom is -0.398 e. The van der Waals surface area contributed by atoms with Gasteiger partial charge in [-0.25, -0.2) is 0 Å². The highest BCUT2D eigenvalue weighted by Crippen LogP contribution is 2.31. The molecule has 3 aromatic rings. The molecule has 1 aliphatic carbocycles. The van der Waals surface area contributed by atoms with Crippen molar-refractivity contribution in [1.82, 2.24) is 0 Å². The molecule has 1 unspecified atom stereocenters. The second kappa shape index (κ2) is 8.58. The molecule has 0 bridgehead atoms. The summed E-state index contributed by atoms with van der Waals surface area (Å²) in [4.78, 5) is 0. The van der Waals surface area contributed by atoms with E-state index in [-0.39, 0.29) is 5.92 Å². The largest absolute Gasteiger partial charge is 0.398 e. The summed E-state index contributed by atoms with van der Waals surface area (Å²) in [6.07, 6.45) is 11.0. The van der Waals surface area contributed by atoms with E-state index in [1.807, 2.05) is 18.2 Å². The highest BCUT2D eigenvalue weighted by atomic mass is 14.6. The monoisotopic (exact) mass is 363 g/mol. The van der Waals surface area contributed by atoms with Crippen LogP contribution in [-0.4, -0.2) is 0 Å². The minimum absolute atomic E-state index is 0.112. The first-order chi connectivity index (χ1) is 13.8. The molecule has 0 fully saturated rings. The van der Waals surface area contributed by atoms with Gasteiger partial charge < -0.3 is 5.73 Å². The van der Waals surface area contributed by atoms with E-state index in [9.17, 15) is 0 Å². The van der Waals surface area contributed by atoms with Crippen molar-refractivity contribution in [3.63, 3.8) is 0 Å². The molecule has 0 aromatic heterocycles. The molecule has 0 saturated carbocycles. The highest BCUT2D eigenvalue weighted by Gasteiger charge is 2.14. The zero-order valence-electron chi connectivity index (χ0n) is 16.0. The summed E-state index contributed by atoms with van der Waals surface area (Å²) in [6.45, 7) is 0. The molecule has 0 saturated heterocycles. The predicted molar refractivity (Wildman–Crippen MR) is 120 cm³/mol. The van der Waals surface area contributed by atoms with Crippen molar-refractivity contribution in [2.75, 3.05) is 0 Å². The van der Waals surface area contributed by atoms with Crippen LogP contribution in [0.5, 0.6) is 0 Å². The maximum atomic E-state index is 6.49. The summed E-state index contributed by atoms with van der Waals surface area (Å²) in [5.74, 6) is 0.112. The van der Waals surface area contributed by atoms with Gasteiger partial charge in [0.15, 0.2) is 0 Å². The summed E-state index contributed by atoms with van der Waals surface area (Å²) in [7, 11) is 0. The normalized spacial score (nSPS) is 15.1. The van der Waals surface area contributed by atoms with Crippen LogP contribution in [0.4, 0.5) is 0 Å². The molecule has 138 valence electrons. The van der Waals surface area contributed by atoms with Gasteiger partial charge in [0, 0.05) is 11.6 Å². The molecule has 4 rings (SSSR count).